The first-order valence-electron chi connectivity index (χ1n) is 7.55. The summed E-state index contributed by atoms with van der Waals surface area (Å²) >= 11 is 0. The average molecular weight is 325 g/mol. The van der Waals surface area contributed by atoms with E-state index < -0.39 is 11.9 Å². The molecule has 5 heteroatoms. The third kappa shape index (κ3) is 5.28. The number of hydrogen-bond acceptors (Lipinski definition) is 4. The van der Waals surface area contributed by atoms with Crippen LogP contribution in [0.4, 0.5) is 0 Å². The van der Waals surface area contributed by atoms with Crippen LogP contribution in [0.5, 0.6) is 5.75 Å². The van der Waals surface area contributed by atoms with Gasteiger partial charge < -0.3 is 15.2 Å². The standard InChI is InChI=1S/C19H19NO4/c1-2-23-18(21)9-8-15-10-16(19(20)22)12-17(11-15)24-13-14-6-4-3-5-7-14/h3-12H,2,13H2,1H3,(H2,20,22)/b9-8+. The maximum absolute atomic E-state index is 11.5. The summed E-state index contributed by atoms with van der Waals surface area (Å²) in [5.41, 5.74) is 7.29. The number of carbonyl (C=O) groups excluding carboxylic acids is 2. The summed E-state index contributed by atoms with van der Waals surface area (Å²) in [6.45, 7) is 2.40. The average Bonchev–Trinajstić information content (AvgIpc) is 2.59. The summed E-state index contributed by atoms with van der Waals surface area (Å²) < 4.78 is 10.5. The number of carbonyl (C=O) groups is 2. The molecule has 0 heterocycles. The third-order valence-corrected chi connectivity index (χ3v) is 3.16. The lowest BCUT2D eigenvalue weighted by Crippen LogP contribution is -2.11. The fourth-order valence-corrected chi connectivity index (χ4v) is 2.04. The van der Waals surface area contributed by atoms with Crippen LogP contribution in [0, 0.1) is 0 Å². The second-order valence-corrected chi connectivity index (χ2v) is 5.01. The van der Waals surface area contributed by atoms with Crippen LogP contribution in [-0.2, 0) is 16.1 Å². The minimum atomic E-state index is -0.564. The summed E-state index contributed by atoms with van der Waals surface area (Å²) in [5, 5.41) is 0. The van der Waals surface area contributed by atoms with Crippen molar-refractivity contribution in [1.82, 2.24) is 0 Å². The molecule has 0 aromatic heterocycles. The minimum absolute atomic E-state index is 0.302. The predicted octanol–water partition coefficient (Wildman–Crippen LogP) is 2.94. The van der Waals surface area contributed by atoms with Gasteiger partial charge in [0.1, 0.15) is 12.4 Å². The minimum Gasteiger partial charge on any atom is -0.489 e. The number of esters is 1. The molecule has 0 saturated carbocycles. The van der Waals surface area contributed by atoms with Crippen molar-refractivity contribution >= 4 is 18.0 Å². The molecule has 0 aliphatic heterocycles. The number of ether oxygens (including phenoxy) is 2. The zero-order valence-electron chi connectivity index (χ0n) is 13.4. The lowest BCUT2D eigenvalue weighted by molar-refractivity contribution is -0.137. The van der Waals surface area contributed by atoms with E-state index in [4.69, 9.17) is 15.2 Å². The largest absolute Gasteiger partial charge is 0.489 e. The van der Waals surface area contributed by atoms with Gasteiger partial charge in [-0.05, 0) is 42.3 Å². The Bertz CT molecular complexity index is 738. The second-order valence-electron chi connectivity index (χ2n) is 5.01. The zero-order valence-corrected chi connectivity index (χ0v) is 13.4. The highest BCUT2D eigenvalue weighted by atomic mass is 16.5. The van der Waals surface area contributed by atoms with Crippen LogP contribution in [0.25, 0.3) is 6.08 Å². The molecule has 0 aliphatic rings. The highest BCUT2D eigenvalue weighted by Gasteiger charge is 2.06. The van der Waals surface area contributed by atoms with Crippen LogP contribution in [-0.4, -0.2) is 18.5 Å². The van der Waals surface area contributed by atoms with Crippen molar-refractivity contribution in [2.24, 2.45) is 5.73 Å². The normalized spacial score (nSPS) is 10.5. The molecule has 0 fully saturated rings. The van der Waals surface area contributed by atoms with Crippen LogP contribution < -0.4 is 10.5 Å². The molecule has 0 atom stereocenters. The highest BCUT2D eigenvalue weighted by Crippen LogP contribution is 2.20. The van der Waals surface area contributed by atoms with Gasteiger partial charge in [-0.2, -0.15) is 0 Å². The Balaban J connectivity index is 2.17. The van der Waals surface area contributed by atoms with Crippen LogP contribution in [0.1, 0.15) is 28.4 Å². The molecular formula is C19H19NO4. The maximum atomic E-state index is 11.5. The summed E-state index contributed by atoms with van der Waals surface area (Å²) in [5.74, 6) is -0.515. The van der Waals surface area contributed by atoms with E-state index in [0.29, 0.717) is 30.1 Å². The molecule has 124 valence electrons. The number of rotatable bonds is 7. The van der Waals surface area contributed by atoms with Gasteiger partial charge >= 0.3 is 5.97 Å². The lowest BCUT2D eigenvalue weighted by Gasteiger charge is -2.09. The van der Waals surface area contributed by atoms with Gasteiger partial charge in [0.05, 0.1) is 6.61 Å². The van der Waals surface area contributed by atoms with E-state index in [9.17, 15) is 9.59 Å². The molecule has 2 rings (SSSR count). The smallest absolute Gasteiger partial charge is 0.330 e. The number of amides is 1. The molecule has 24 heavy (non-hydrogen) atoms. The van der Waals surface area contributed by atoms with Crippen molar-refractivity contribution in [1.29, 1.82) is 0 Å². The van der Waals surface area contributed by atoms with Crippen LogP contribution >= 0.6 is 0 Å². The second kappa shape index (κ2) is 8.53. The molecule has 0 radical (unpaired) electrons. The first-order chi connectivity index (χ1) is 11.6. The van der Waals surface area contributed by atoms with Crippen LogP contribution in [0.2, 0.25) is 0 Å². The lowest BCUT2D eigenvalue weighted by atomic mass is 10.1. The van der Waals surface area contributed by atoms with Crippen LogP contribution in [0.3, 0.4) is 0 Å². The summed E-state index contributed by atoms with van der Waals surface area (Å²) in [6.07, 6.45) is 2.85. The molecule has 0 saturated heterocycles. The molecule has 2 N–H and O–H groups in total. The fourth-order valence-electron chi connectivity index (χ4n) is 2.04. The van der Waals surface area contributed by atoms with Gasteiger partial charge in [-0.25, -0.2) is 4.79 Å². The van der Waals surface area contributed by atoms with E-state index >= 15 is 0 Å². The molecule has 2 aromatic carbocycles. The van der Waals surface area contributed by atoms with Crippen molar-refractivity contribution in [3.05, 3.63) is 71.3 Å². The highest BCUT2D eigenvalue weighted by molar-refractivity contribution is 5.94. The Morgan fingerprint density at radius 1 is 1.12 bits per heavy atom. The van der Waals surface area contributed by atoms with E-state index in [-0.39, 0.29) is 0 Å². The van der Waals surface area contributed by atoms with Crippen molar-refractivity contribution in [3.63, 3.8) is 0 Å². The van der Waals surface area contributed by atoms with E-state index in [1.165, 1.54) is 6.08 Å². The Morgan fingerprint density at radius 2 is 1.88 bits per heavy atom. The molecule has 0 bridgehead atoms. The van der Waals surface area contributed by atoms with E-state index in [1.807, 2.05) is 30.3 Å². The van der Waals surface area contributed by atoms with Crippen molar-refractivity contribution in [2.75, 3.05) is 6.61 Å². The van der Waals surface area contributed by atoms with E-state index in [0.717, 1.165) is 5.56 Å². The Hall–Kier alpha value is -3.08. The van der Waals surface area contributed by atoms with Gasteiger partial charge in [0.2, 0.25) is 5.91 Å². The van der Waals surface area contributed by atoms with Crippen molar-refractivity contribution < 1.29 is 19.1 Å². The van der Waals surface area contributed by atoms with Gasteiger partial charge in [0.25, 0.3) is 0 Å². The summed E-state index contributed by atoms with van der Waals surface area (Å²) in [6, 6.07) is 14.6. The molecule has 2 aromatic rings. The molecule has 5 nitrogen and oxygen atoms in total. The number of benzene rings is 2. The quantitative estimate of drug-likeness (QED) is 0.627. The van der Waals surface area contributed by atoms with E-state index in [1.54, 1.807) is 31.2 Å². The topological polar surface area (TPSA) is 78.6 Å². The number of primary amides is 1. The number of hydrogen-bond donors (Lipinski definition) is 1. The fraction of sp³-hybridized carbons (Fsp3) is 0.158. The molecular weight excluding hydrogens is 306 g/mol. The van der Waals surface area contributed by atoms with Crippen molar-refractivity contribution in [2.45, 2.75) is 13.5 Å². The molecule has 0 spiro atoms. The first kappa shape index (κ1) is 17.3. The molecule has 0 aliphatic carbocycles. The maximum Gasteiger partial charge on any atom is 0.330 e. The summed E-state index contributed by atoms with van der Waals surface area (Å²) in [7, 11) is 0. The predicted molar refractivity (Wildman–Crippen MR) is 91.4 cm³/mol. The zero-order chi connectivity index (χ0) is 17.4. The van der Waals surface area contributed by atoms with Gasteiger partial charge in [-0.15, -0.1) is 0 Å². The van der Waals surface area contributed by atoms with Crippen LogP contribution in [0.15, 0.2) is 54.6 Å². The third-order valence-electron chi connectivity index (χ3n) is 3.16. The van der Waals surface area contributed by atoms with Gasteiger partial charge in [0, 0.05) is 11.6 Å². The van der Waals surface area contributed by atoms with E-state index in [2.05, 4.69) is 0 Å². The summed E-state index contributed by atoms with van der Waals surface area (Å²) in [4.78, 5) is 22.9. The Labute approximate surface area is 140 Å². The monoisotopic (exact) mass is 325 g/mol. The van der Waals surface area contributed by atoms with Gasteiger partial charge in [0.15, 0.2) is 0 Å². The molecule has 1 amide bonds. The number of nitrogens with two attached hydrogens (primary N) is 1. The van der Waals surface area contributed by atoms with Gasteiger partial charge in [-0.3, -0.25) is 4.79 Å². The SMILES string of the molecule is CCOC(=O)/C=C/c1cc(OCc2ccccc2)cc(C(N)=O)c1. The van der Waals surface area contributed by atoms with Crippen molar-refractivity contribution in [3.8, 4) is 5.75 Å². The first-order valence-corrected chi connectivity index (χ1v) is 7.55. The Morgan fingerprint density at radius 3 is 2.54 bits per heavy atom. The van der Waals surface area contributed by atoms with Gasteiger partial charge in [-0.1, -0.05) is 30.3 Å². The molecule has 0 unspecified atom stereocenters. The Kier molecular flexibility index (Phi) is 6.14.